The van der Waals surface area contributed by atoms with Crippen molar-refractivity contribution in [3.8, 4) is 16.8 Å². The Labute approximate surface area is 347 Å². The first-order chi connectivity index (χ1) is 29.7. The Hall–Kier alpha value is -7.56. The van der Waals surface area contributed by atoms with Crippen LogP contribution in [0.2, 0.25) is 0 Å². The van der Waals surface area contributed by atoms with Gasteiger partial charge in [0.1, 0.15) is 11.2 Å². The monoisotopic (exact) mass is 769 g/mol. The molecule has 0 saturated heterocycles. The number of aliphatic imine (C=N–C) groups is 2. The second-order valence-electron chi connectivity index (χ2n) is 15.9. The topological polar surface area (TPSA) is 42.8 Å². The first kappa shape index (κ1) is 34.5. The zero-order valence-electron chi connectivity index (χ0n) is 33.1. The van der Waals surface area contributed by atoms with Crippen LogP contribution in [0, 0.1) is 5.92 Å². The van der Waals surface area contributed by atoms with E-state index in [0.717, 1.165) is 62.2 Å². The number of para-hydroxylation sites is 1. The molecule has 1 aliphatic rings. The Morgan fingerprint density at radius 2 is 1.10 bits per heavy atom. The van der Waals surface area contributed by atoms with Crippen molar-refractivity contribution in [1.82, 2.24) is 4.57 Å². The molecule has 2 atom stereocenters. The molecule has 284 valence electrons. The van der Waals surface area contributed by atoms with Gasteiger partial charge in [-0.15, -0.1) is 0 Å². The van der Waals surface area contributed by atoms with Crippen molar-refractivity contribution in [2.45, 2.75) is 19.4 Å². The molecule has 0 amide bonds. The Morgan fingerprint density at radius 1 is 0.483 bits per heavy atom. The van der Waals surface area contributed by atoms with Crippen molar-refractivity contribution in [2.75, 3.05) is 0 Å². The minimum absolute atomic E-state index is 0.105. The lowest BCUT2D eigenvalue weighted by Crippen LogP contribution is -2.28. The van der Waals surface area contributed by atoms with Gasteiger partial charge in [0.2, 0.25) is 0 Å². The van der Waals surface area contributed by atoms with E-state index < -0.39 is 0 Å². The van der Waals surface area contributed by atoms with Crippen LogP contribution in [0.3, 0.4) is 0 Å². The molecule has 3 heterocycles. The van der Waals surface area contributed by atoms with Gasteiger partial charge >= 0.3 is 0 Å². The molecule has 1 aliphatic heterocycles. The van der Waals surface area contributed by atoms with E-state index >= 15 is 0 Å². The molecule has 0 spiro atoms. The lowest BCUT2D eigenvalue weighted by atomic mass is 9.83. The van der Waals surface area contributed by atoms with E-state index in [4.69, 9.17) is 14.4 Å². The molecule has 4 nitrogen and oxygen atoms in total. The fourth-order valence-corrected chi connectivity index (χ4v) is 9.80. The van der Waals surface area contributed by atoms with Crippen LogP contribution in [0.5, 0.6) is 0 Å². The van der Waals surface area contributed by atoms with Crippen LogP contribution in [-0.4, -0.2) is 16.1 Å². The van der Waals surface area contributed by atoms with Gasteiger partial charge in [-0.25, -0.2) is 4.99 Å². The second kappa shape index (κ2) is 13.8. The minimum atomic E-state index is -0.115. The van der Waals surface area contributed by atoms with Gasteiger partial charge < -0.3 is 8.98 Å². The summed E-state index contributed by atoms with van der Waals surface area (Å²) >= 11 is 0. The lowest BCUT2D eigenvalue weighted by molar-refractivity contribution is 0.532. The van der Waals surface area contributed by atoms with E-state index in [1.54, 1.807) is 0 Å². The standard InChI is InChI=1S/C56H39N3O/c1-2-42-51(38-18-7-4-8-19-38)57-56(40-27-25-36(26-28-40)35-15-5-3-6-16-35)58-52(42)39-29-32-41(33-30-39)59-53-43-20-10-9-17-37(43)31-34-47(53)50-54(59)45-22-12-11-21-44(45)49-46-23-13-14-24-48(46)60-55(49)50/h3-34,42,52H,2H2,1H3/t42-,52?/m1/s1. The van der Waals surface area contributed by atoms with Crippen molar-refractivity contribution in [2.24, 2.45) is 15.9 Å². The van der Waals surface area contributed by atoms with Crippen molar-refractivity contribution < 1.29 is 4.42 Å². The number of benzene rings is 9. The molecular weight excluding hydrogens is 731 g/mol. The first-order valence-corrected chi connectivity index (χ1v) is 20.9. The number of fused-ring (bicyclic) bond motifs is 12. The van der Waals surface area contributed by atoms with Gasteiger partial charge in [-0.05, 0) is 57.6 Å². The van der Waals surface area contributed by atoms with Crippen molar-refractivity contribution in [1.29, 1.82) is 0 Å². The summed E-state index contributed by atoms with van der Waals surface area (Å²) in [6, 6.07) is 69.4. The maximum absolute atomic E-state index is 6.85. The molecule has 0 aliphatic carbocycles. The fourth-order valence-electron chi connectivity index (χ4n) is 9.80. The van der Waals surface area contributed by atoms with Crippen molar-refractivity contribution >= 4 is 76.8 Å². The highest BCUT2D eigenvalue weighted by Crippen LogP contribution is 2.47. The molecule has 2 aromatic heterocycles. The summed E-state index contributed by atoms with van der Waals surface area (Å²) in [4.78, 5) is 10.8. The lowest BCUT2D eigenvalue weighted by Gasteiger charge is -2.30. The minimum Gasteiger partial charge on any atom is -0.455 e. The van der Waals surface area contributed by atoms with Gasteiger partial charge in [0, 0.05) is 44.1 Å². The number of hydrogen-bond donors (Lipinski definition) is 0. The number of hydrogen-bond acceptors (Lipinski definition) is 3. The molecule has 4 heteroatoms. The number of nitrogens with zero attached hydrogens (tertiary/aromatic N) is 3. The van der Waals surface area contributed by atoms with Crippen LogP contribution in [0.4, 0.5) is 0 Å². The van der Waals surface area contributed by atoms with E-state index in [9.17, 15) is 0 Å². The van der Waals surface area contributed by atoms with Gasteiger partial charge in [-0.1, -0.05) is 183 Å². The highest BCUT2D eigenvalue weighted by molar-refractivity contribution is 6.36. The third-order valence-corrected chi connectivity index (χ3v) is 12.6. The highest BCUT2D eigenvalue weighted by atomic mass is 16.3. The molecule has 11 aromatic rings. The molecule has 0 fully saturated rings. The van der Waals surface area contributed by atoms with E-state index in [1.165, 1.54) is 54.5 Å². The van der Waals surface area contributed by atoms with Gasteiger partial charge in [0.25, 0.3) is 0 Å². The zero-order chi connectivity index (χ0) is 39.7. The summed E-state index contributed by atoms with van der Waals surface area (Å²) in [5, 5.41) is 9.42. The van der Waals surface area contributed by atoms with E-state index in [0.29, 0.717) is 0 Å². The number of amidine groups is 1. The summed E-state index contributed by atoms with van der Waals surface area (Å²) in [5.74, 6) is 0.871. The Morgan fingerprint density at radius 3 is 1.85 bits per heavy atom. The average Bonchev–Trinajstić information content (AvgIpc) is 3.89. The zero-order valence-corrected chi connectivity index (χ0v) is 33.1. The molecule has 9 aromatic carbocycles. The van der Waals surface area contributed by atoms with E-state index in [1.807, 2.05) is 0 Å². The maximum Gasteiger partial charge on any atom is 0.155 e. The van der Waals surface area contributed by atoms with Crippen LogP contribution < -0.4 is 0 Å². The third kappa shape index (κ3) is 5.31. The highest BCUT2D eigenvalue weighted by Gasteiger charge is 2.32. The van der Waals surface area contributed by atoms with Crippen LogP contribution in [0.15, 0.2) is 209 Å². The summed E-state index contributed by atoms with van der Waals surface area (Å²) in [6.45, 7) is 2.26. The summed E-state index contributed by atoms with van der Waals surface area (Å²) < 4.78 is 9.32. The first-order valence-electron chi connectivity index (χ1n) is 20.9. The number of rotatable bonds is 6. The molecule has 1 unspecified atom stereocenters. The van der Waals surface area contributed by atoms with Crippen molar-refractivity contribution in [3.63, 3.8) is 0 Å². The SMILES string of the molecule is CC[C@@H]1C(c2ccccc2)=NC(c2ccc(-c3ccccc3)cc2)=NC1c1ccc(-n2c3c4ccccc4ccc3c3c4oc5ccccc5c4c4ccccc4c32)cc1. The quantitative estimate of drug-likeness (QED) is 0.166. The van der Waals surface area contributed by atoms with Gasteiger partial charge in [0.15, 0.2) is 5.84 Å². The summed E-state index contributed by atoms with van der Waals surface area (Å²) in [5.41, 5.74) is 12.0. The average molecular weight is 770 g/mol. The largest absolute Gasteiger partial charge is 0.455 e. The molecule has 0 radical (unpaired) electrons. The van der Waals surface area contributed by atoms with Gasteiger partial charge in [-0.3, -0.25) is 4.99 Å². The smallest absolute Gasteiger partial charge is 0.155 e. The molecule has 60 heavy (non-hydrogen) atoms. The summed E-state index contributed by atoms with van der Waals surface area (Å²) in [6.07, 6.45) is 0.905. The van der Waals surface area contributed by atoms with Crippen molar-refractivity contribution in [3.05, 3.63) is 211 Å². The molecule has 0 bridgehead atoms. The number of furan rings is 1. The molecule has 0 saturated carbocycles. The van der Waals surface area contributed by atoms with Crippen LogP contribution in [0.25, 0.3) is 82.1 Å². The normalized spacial score (nSPS) is 15.7. The summed E-state index contributed by atoms with van der Waals surface area (Å²) in [7, 11) is 0. The van der Waals surface area contributed by atoms with Crippen LogP contribution >= 0.6 is 0 Å². The Balaban J connectivity index is 1.06. The Bertz CT molecular complexity index is 3500. The predicted octanol–water partition coefficient (Wildman–Crippen LogP) is 14.7. The maximum atomic E-state index is 6.85. The predicted molar refractivity (Wildman–Crippen MR) is 251 cm³/mol. The van der Waals surface area contributed by atoms with Crippen LogP contribution in [-0.2, 0) is 0 Å². The second-order valence-corrected chi connectivity index (χ2v) is 15.9. The fraction of sp³-hybridized carbons (Fsp3) is 0.0714. The molecular formula is C56H39N3O. The Kier molecular flexibility index (Phi) is 7.92. The molecule has 0 N–H and O–H groups in total. The van der Waals surface area contributed by atoms with Gasteiger partial charge in [0.05, 0.1) is 28.2 Å². The van der Waals surface area contributed by atoms with E-state index in [2.05, 4.69) is 206 Å². The van der Waals surface area contributed by atoms with Crippen LogP contribution in [0.1, 0.15) is 36.1 Å². The van der Waals surface area contributed by atoms with Gasteiger partial charge in [-0.2, -0.15) is 0 Å². The third-order valence-electron chi connectivity index (χ3n) is 12.6. The number of aromatic nitrogens is 1. The van der Waals surface area contributed by atoms with E-state index in [-0.39, 0.29) is 12.0 Å². The molecule has 12 rings (SSSR count).